The smallest absolute Gasteiger partial charge is 0.328 e. The Morgan fingerprint density at radius 1 is 1.71 bits per heavy atom. The molecule has 1 aromatic rings. The van der Waals surface area contributed by atoms with E-state index in [1.807, 2.05) is 0 Å². The number of hydrogen-bond acceptors (Lipinski definition) is 5. The Labute approximate surface area is 95.6 Å². The van der Waals surface area contributed by atoms with Crippen LogP contribution in [0.3, 0.4) is 0 Å². The molecular formula is C9H13N3O5. The third-order valence-corrected chi connectivity index (χ3v) is 2.70. The van der Waals surface area contributed by atoms with E-state index in [1.165, 1.54) is 6.20 Å². The maximum absolute atomic E-state index is 11.5. The number of aromatic nitrogens is 2. The van der Waals surface area contributed by atoms with Gasteiger partial charge in [0.05, 0.1) is 12.7 Å². The molecule has 0 bridgehead atoms. The number of hydrogen-bond donors (Lipinski definition) is 4. The quantitative estimate of drug-likeness (QED) is 0.483. The molecule has 2 heterocycles. The minimum absolute atomic E-state index is 0.0273. The average Bonchev–Trinajstić information content (AvgIpc) is 2.81. The average molecular weight is 243 g/mol. The number of H-pyrrole nitrogens is 1. The first-order valence-corrected chi connectivity index (χ1v) is 5.08. The van der Waals surface area contributed by atoms with Crippen LogP contribution in [0.25, 0.3) is 0 Å². The number of aliphatic hydroxyl groups is 2. The third kappa shape index (κ3) is 2.09. The number of amides is 1. The van der Waals surface area contributed by atoms with Gasteiger partial charge in [-0.1, -0.05) is 0 Å². The van der Waals surface area contributed by atoms with Crippen LogP contribution in [0.1, 0.15) is 23.1 Å². The van der Waals surface area contributed by atoms with Gasteiger partial charge in [0, 0.05) is 12.6 Å². The van der Waals surface area contributed by atoms with Crippen LogP contribution in [-0.4, -0.2) is 44.5 Å². The third-order valence-electron chi connectivity index (χ3n) is 2.70. The first-order chi connectivity index (χ1) is 8.02. The summed E-state index contributed by atoms with van der Waals surface area (Å²) < 4.78 is 6.41. The summed E-state index contributed by atoms with van der Waals surface area (Å²) in [6, 6.07) is 0. The monoisotopic (exact) mass is 243 g/mol. The van der Waals surface area contributed by atoms with Gasteiger partial charge in [0.2, 0.25) is 0 Å². The second kappa shape index (κ2) is 4.32. The van der Waals surface area contributed by atoms with E-state index >= 15 is 0 Å². The van der Waals surface area contributed by atoms with Crippen LogP contribution in [0.15, 0.2) is 11.0 Å². The number of ether oxygens (including phenoxy) is 1. The number of carbonyl (C=O) groups is 1. The molecule has 8 nitrogen and oxygen atoms in total. The lowest BCUT2D eigenvalue weighted by Gasteiger charge is -2.11. The summed E-state index contributed by atoms with van der Waals surface area (Å²) in [5.74, 6) is -0.752. The van der Waals surface area contributed by atoms with E-state index in [9.17, 15) is 14.7 Å². The number of rotatable bonds is 3. The highest BCUT2D eigenvalue weighted by Crippen LogP contribution is 2.27. The van der Waals surface area contributed by atoms with Crippen LogP contribution in [0.4, 0.5) is 0 Å². The predicted octanol–water partition coefficient (Wildman–Crippen LogP) is -2.08. The normalized spacial score (nSPS) is 28.5. The second-order valence-electron chi connectivity index (χ2n) is 3.86. The van der Waals surface area contributed by atoms with Gasteiger partial charge in [0.25, 0.3) is 5.91 Å². The number of nitrogens with zero attached hydrogens (tertiary/aromatic N) is 1. The molecule has 0 radical (unpaired) electrons. The molecule has 2 rings (SSSR count). The lowest BCUT2D eigenvalue weighted by molar-refractivity contribution is -0.0453. The molecule has 0 unspecified atom stereocenters. The van der Waals surface area contributed by atoms with Crippen LogP contribution < -0.4 is 11.4 Å². The van der Waals surface area contributed by atoms with Crippen LogP contribution >= 0.6 is 0 Å². The van der Waals surface area contributed by atoms with Gasteiger partial charge in [-0.2, -0.15) is 0 Å². The van der Waals surface area contributed by atoms with Crippen molar-refractivity contribution >= 4 is 5.91 Å². The molecule has 0 aliphatic carbocycles. The molecule has 1 aliphatic rings. The molecule has 1 amide bonds. The van der Waals surface area contributed by atoms with Crippen LogP contribution in [0.2, 0.25) is 0 Å². The summed E-state index contributed by atoms with van der Waals surface area (Å²) in [5.41, 5.74) is 4.45. The highest BCUT2D eigenvalue weighted by molar-refractivity contribution is 5.90. The summed E-state index contributed by atoms with van der Waals surface area (Å²) >= 11 is 0. The zero-order chi connectivity index (χ0) is 12.6. The van der Waals surface area contributed by atoms with Gasteiger partial charge in [-0.15, -0.1) is 0 Å². The highest BCUT2D eigenvalue weighted by atomic mass is 16.5. The van der Waals surface area contributed by atoms with E-state index in [0.29, 0.717) is 0 Å². The molecule has 17 heavy (non-hydrogen) atoms. The van der Waals surface area contributed by atoms with Crippen molar-refractivity contribution in [2.75, 3.05) is 6.61 Å². The van der Waals surface area contributed by atoms with Crippen molar-refractivity contribution in [3.63, 3.8) is 0 Å². The molecule has 1 aliphatic heterocycles. The first-order valence-electron chi connectivity index (χ1n) is 5.08. The van der Waals surface area contributed by atoms with Crippen LogP contribution in [-0.2, 0) is 4.74 Å². The second-order valence-corrected chi connectivity index (χ2v) is 3.86. The molecule has 0 spiro atoms. The Kier molecular flexibility index (Phi) is 3.01. The van der Waals surface area contributed by atoms with Crippen LogP contribution in [0.5, 0.6) is 0 Å². The van der Waals surface area contributed by atoms with Gasteiger partial charge in [0.1, 0.15) is 18.0 Å². The number of aromatic amines is 1. The zero-order valence-electron chi connectivity index (χ0n) is 8.87. The van der Waals surface area contributed by atoms with Gasteiger partial charge in [0.15, 0.2) is 0 Å². The summed E-state index contributed by atoms with van der Waals surface area (Å²) in [5, 5.41) is 18.4. The molecule has 5 N–H and O–H groups in total. The molecule has 1 saturated heterocycles. The number of imidazole rings is 1. The minimum atomic E-state index is -0.844. The van der Waals surface area contributed by atoms with Gasteiger partial charge in [-0.3, -0.25) is 9.36 Å². The van der Waals surface area contributed by atoms with E-state index in [0.717, 1.165) is 4.57 Å². The number of primary amides is 1. The molecular weight excluding hydrogens is 230 g/mol. The summed E-state index contributed by atoms with van der Waals surface area (Å²) in [7, 11) is 0. The number of aliphatic hydroxyl groups excluding tert-OH is 2. The lowest BCUT2D eigenvalue weighted by Crippen LogP contribution is -2.25. The van der Waals surface area contributed by atoms with Crippen molar-refractivity contribution in [1.29, 1.82) is 0 Å². The van der Waals surface area contributed by atoms with Crippen molar-refractivity contribution in [2.24, 2.45) is 5.73 Å². The molecule has 94 valence electrons. The topological polar surface area (TPSA) is 131 Å². The Bertz CT molecular complexity index is 479. The fourth-order valence-electron chi connectivity index (χ4n) is 1.80. The van der Waals surface area contributed by atoms with Crippen molar-refractivity contribution in [3.8, 4) is 0 Å². The van der Waals surface area contributed by atoms with Crippen molar-refractivity contribution < 1.29 is 19.7 Å². The SMILES string of the molecule is NC(=O)c1cn([C@H]2C[C@H](O)[C@@H](CO)O2)c(=O)[nH]1. The highest BCUT2D eigenvalue weighted by Gasteiger charge is 2.35. The number of nitrogens with one attached hydrogen (secondary N) is 1. The molecule has 1 fully saturated rings. The maximum atomic E-state index is 11.5. The summed E-state index contributed by atoms with van der Waals surface area (Å²) in [6.45, 7) is -0.334. The van der Waals surface area contributed by atoms with Crippen molar-refractivity contribution in [3.05, 3.63) is 22.4 Å². The Morgan fingerprint density at radius 3 is 2.88 bits per heavy atom. The van der Waals surface area contributed by atoms with E-state index in [-0.39, 0.29) is 18.7 Å². The standard InChI is InChI=1S/C9H13N3O5/c10-8(15)4-2-12(9(16)11-4)7-1-5(14)6(3-13)17-7/h2,5-7,13-14H,1,3H2,(H2,10,15)(H,11,16)/t5-,6+,7+/m0/s1. The molecule has 0 aromatic carbocycles. The number of nitrogens with two attached hydrogens (primary N) is 1. The predicted molar refractivity (Wildman–Crippen MR) is 55.2 cm³/mol. The van der Waals surface area contributed by atoms with Gasteiger partial charge < -0.3 is 25.7 Å². The van der Waals surface area contributed by atoms with Crippen molar-refractivity contribution in [1.82, 2.24) is 9.55 Å². The summed E-state index contributed by atoms with van der Waals surface area (Å²) in [6.07, 6.45) is -0.870. The maximum Gasteiger partial charge on any atom is 0.328 e. The number of carbonyl (C=O) groups excluding carboxylic acids is 1. The first kappa shape index (κ1) is 11.8. The molecule has 8 heteroatoms. The Hall–Kier alpha value is -1.64. The zero-order valence-corrected chi connectivity index (χ0v) is 8.87. The van der Waals surface area contributed by atoms with Crippen molar-refractivity contribution in [2.45, 2.75) is 24.9 Å². The Balaban J connectivity index is 2.24. The van der Waals surface area contributed by atoms with E-state index in [1.54, 1.807) is 0 Å². The molecule has 3 atom stereocenters. The largest absolute Gasteiger partial charge is 0.394 e. The Morgan fingerprint density at radius 2 is 2.41 bits per heavy atom. The van der Waals surface area contributed by atoms with Gasteiger partial charge in [-0.25, -0.2) is 4.79 Å². The van der Waals surface area contributed by atoms with E-state index in [4.69, 9.17) is 15.6 Å². The van der Waals surface area contributed by atoms with Gasteiger partial charge in [-0.05, 0) is 0 Å². The fraction of sp³-hybridized carbons (Fsp3) is 0.556. The summed E-state index contributed by atoms with van der Waals surface area (Å²) in [4.78, 5) is 24.7. The lowest BCUT2D eigenvalue weighted by atomic mass is 10.2. The van der Waals surface area contributed by atoms with E-state index < -0.39 is 30.0 Å². The van der Waals surface area contributed by atoms with Gasteiger partial charge >= 0.3 is 5.69 Å². The fourth-order valence-corrected chi connectivity index (χ4v) is 1.80. The molecule has 0 saturated carbocycles. The van der Waals surface area contributed by atoms with Crippen LogP contribution in [0, 0.1) is 0 Å². The van der Waals surface area contributed by atoms with E-state index in [2.05, 4.69) is 4.98 Å². The molecule has 1 aromatic heterocycles. The minimum Gasteiger partial charge on any atom is -0.394 e.